The van der Waals surface area contributed by atoms with Crippen molar-refractivity contribution in [1.82, 2.24) is 4.98 Å². The molecule has 0 saturated carbocycles. The average molecular weight is 548 g/mol. The molecule has 40 heavy (non-hydrogen) atoms. The molecule has 0 aliphatic rings. The highest BCUT2D eigenvalue weighted by molar-refractivity contribution is 5.88. The minimum atomic E-state index is -1.08. The number of aromatic carboxylic acids is 1. The fourth-order valence-corrected chi connectivity index (χ4v) is 4.22. The van der Waals surface area contributed by atoms with Crippen LogP contribution < -0.4 is 14.2 Å². The molecule has 8 heteroatoms. The second-order valence-corrected chi connectivity index (χ2v) is 9.56. The fraction of sp³-hybridized carbons (Fsp3) is 0.344. The van der Waals surface area contributed by atoms with E-state index in [2.05, 4.69) is 24.0 Å². The number of unbranched alkanes of at least 4 members (excludes halogenated alkanes) is 4. The summed E-state index contributed by atoms with van der Waals surface area (Å²) >= 11 is 0. The highest BCUT2D eigenvalue weighted by atomic mass is 16.5. The van der Waals surface area contributed by atoms with Gasteiger partial charge < -0.3 is 24.4 Å². The van der Waals surface area contributed by atoms with E-state index in [4.69, 9.17) is 24.4 Å². The standard InChI is InChI=1S/C32H37NO7/c1-23(24-12-15-27(38-2)16-13-24)9-6-4-3-5-7-20-39-30-18-14-26(33-29(30)17-19-31(34)35)22-40-28-11-8-10-25(21-28)32(36)37/h8,10-19,21,23H,3-7,9,20,22H2,1-2H3,(H,34,35)(H,36,37). The van der Waals surface area contributed by atoms with Gasteiger partial charge in [-0.25, -0.2) is 14.6 Å². The quantitative estimate of drug-likeness (QED) is 0.137. The van der Waals surface area contributed by atoms with Gasteiger partial charge in [0.15, 0.2) is 0 Å². The molecule has 1 aromatic heterocycles. The number of nitrogens with zero attached hydrogens (tertiary/aromatic N) is 1. The summed E-state index contributed by atoms with van der Waals surface area (Å²) in [6, 6.07) is 18.0. The lowest BCUT2D eigenvalue weighted by atomic mass is 9.95. The predicted octanol–water partition coefficient (Wildman–Crippen LogP) is 6.99. The molecule has 1 unspecified atom stereocenters. The summed E-state index contributed by atoms with van der Waals surface area (Å²) < 4.78 is 16.8. The monoisotopic (exact) mass is 547 g/mol. The van der Waals surface area contributed by atoms with Crippen molar-refractivity contribution < 1.29 is 34.0 Å². The number of hydrogen-bond donors (Lipinski definition) is 2. The van der Waals surface area contributed by atoms with Gasteiger partial charge in [-0.1, -0.05) is 50.8 Å². The summed E-state index contributed by atoms with van der Waals surface area (Å²) in [7, 11) is 1.68. The van der Waals surface area contributed by atoms with Crippen LogP contribution in [0.3, 0.4) is 0 Å². The maximum atomic E-state index is 11.2. The zero-order valence-electron chi connectivity index (χ0n) is 23.0. The van der Waals surface area contributed by atoms with Crippen LogP contribution in [-0.2, 0) is 11.4 Å². The van der Waals surface area contributed by atoms with Gasteiger partial charge >= 0.3 is 11.9 Å². The van der Waals surface area contributed by atoms with Crippen molar-refractivity contribution in [3.63, 3.8) is 0 Å². The summed E-state index contributed by atoms with van der Waals surface area (Å²) in [5.41, 5.74) is 2.42. The van der Waals surface area contributed by atoms with Crippen molar-refractivity contribution in [3.8, 4) is 17.2 Å². The molecule has 1 atom stereocenters. The van der Waals surface area contributed by atoms with E-state index in [-0.39, 0.29) is 12.2 Å². The van der Waals surface area contributed by atoms with E-state index in [1.165, 1.54) is 36.6 Å². The number of rotatable bonds is 17. The topological polar surface area (TPSA) is 115 Å². The summed E-state index contributed by atoms with van der Waals surface area (Å²) in [6.07, 6.45) is 8.97. The first-order chi connectivity index (χ1) is 19.4. The first kappa shape index (κ1) is 30.2. The Balaban J connectivity index is 1.42. The molecule has 1 heterocycles. The molecule has 0 radical (unpaired) electrons. The minimum absolute atomic E-state index is 0.0916. The van der Waals surface area contributed by atoms with Crippen molar-refractivity contribution in [2.24, 2.45) is 0 Å². The lowest BCUT2D eigenvalue weighted by molar-refractivity contribution is -0.131. The molecule has 2 N–H and O–H groups in total. The van der Waals surface area contributed by atoms with Gasteiger partial charge in [-0.05, 0) is 72.9 Å². The Kier molecular flexibility index (Phi) is 12.0. The maximum Gasteiger partial charge on any atom is 0.335 e. The number of methoxy groups -OCH3 is 1. The lowest BCUT2D eigenvalue weighted by Crippen LogP contribution is -2.04. The van der Waals surface area contributed by atoms with Gasteiger partial charge in [-0.2, -0.15) is 0 Å². The summed E-state index contributed by atoms with van der Waals surface area (Å²) in [6.45, 7) is 2.86. The number of carbonyl (C=O) groups is 2. The molecule has 2 aromatic carbocycles. The van der Waals surface area contributed by atoms with E-state index in [0.29, 0.717) is 35.4 Å². The molecule has 212 valence electrons. The van der Waals surface area contributed by atoms with Crippen LogP contribution in [0.2, 0.25) is 0 Å². The average Bonchev–Trinajstić information content (AvgIpc) is 2.96. The number of benzene rings is 2. The van der Waals surface area contributed by atoms with Gasteiger partial charge in [0.1, 0.15) is 29.5 Å². The maximum absolute atomic E-state index is 11.2. The number of aliphatic carboxylic acids is 1. The second kappa shape index (κ2) is 15.9. The zero-order valence-corrected chi connectivity index (χ0v) is 23.0. The number of carboxylic acids is 2. The molecule has 0 aliphatic heterocycles. The highest BCUT2D eigenvalue weighted by Gasteiger charge is 2.09. The Bertz CT molecular complexity index is 1270. The Morgan fingerprint density at radius 2 is 1.65 bits per heavy atom. The van der Waals surface area contributed by atoms with Gasteiger partial charge in [-0.15, -0.1) is 0 Å². The van der Waals surface area contributed by atoms with Crippen LogP contribution in [0.25, 0.3) is 6.08 Å². The number of carboxylic acid groups (broad SMARTS) is 2. The largest absolute Gasteiger partial charge is 0.497 e. The first-order valence-corrected chi connectivity index (χ1v) is 13.5. The zero-order chi connectivity index (χ0) is 28.7. The summed E-state index contributed by atoms with van der Waals surface area (Å²) in [4.78, 5) is 26.7. The summed E-state index contributed by atoms with van der Waals surface area (Å²) in [5, 5.41) is 18.2. The van der Waals surface area contributed by atoms with Crippen molar-refractivity contribution in [2.75, 3.05) is 13.7 Å². The van der Waals surface area contributed by atoms with E-state index < -0.39 is 11.9 Å². The van der Waals surface area contributed by atoms with Gasteiger partial charge in [0.2, 0.25) is 0 Å². The first-order valence-electron chi connectivity index (χ1n) is 13.5. The second-order valence-electron chi connectivity index (χ2n) is 9.56. The van der Waals surface area contributed by atoms with Gasteiger partial charge in [0.25, 0.3) is 0 Å². The number of aromatic nitrogens is 1. The van der Waals surface area contributed by atoms with E-state index in [1.807, 2.05) is 12.1 Å². The van der Waals surface area contributed by atoms with Gasteiger partial charge in [-0.3, -0.25) is 0 Å². The molecule has 3 rings (SSSR count). The van der Waals surface area contributed by atoms with Crippen LogP contribution in [0.5, 0.6) is 17.2 Å². The summed E-state index contributed by atoms with van der Waals surface area (Å²) in [5.74, 6) is 0.181. The Labute approximate surface area is 235 Å². The number of hydrogen-bond acceptors (Lipinski definition) is 6. The fourth-order valence-electron chi connectivity index (χ4n) is 4.22. The third kappa shape index (κ3) is 10.1. The van der Waals surface area contributed by atoms with Crippen molar-refractivity contribution in [3.05, 3.63) is 89.3 Å². The highest BCUT2D eigenvalue weighted by Crippen LogP contribution is 2.25. The van der Waals surface area contributed by atoms with Gasteiger partial charge in [0, 0.05) is 6.08 Å². The number of ether oxygens (including phenoxy) is 3. The van der Waals surface area contributed by atoms with Crippen molar-refractivity contribution in [2.45, 2.75) is 58.0 Å². The third-order valence-electron chi connectivity index (χ3n) is 6.52. The van der Waals surface area contributed by atoms with Gasteiger partial charge in [0.05, 0.1) is 25.0 Å². The van der Waals surface area contributed by atoms with Crippen LogP contribution in [0, 0.1) is 0 Å². The third-order valence-corrected chi connectivity index (χ3v) is 6.52. The SMILES string of the molecule is COc1ccc(C(C)CCCCCCCOc2ccc(COc3cccc(C(=O)O)c3)nc2C=CC(=O)O)cc1. The van der Waals surface area contributed by atoms with E-state index >= 15 is 0 Å². The van der Waals surface area contributed by atoms with Crippen molar-refractivity contribution >= 4 is 18.0 Å². The smallest absolute Gasteiger partial charge is 0.335 e. The molecule has 8 nitrogen and oxygen atoms in total. The van der Waals surface area contributed by atoms with E-state index in [9.17, 15) is 9.59 Å². The van der Waals surface area contributed by atoms with Crippen molar-refractivity contribution in [1.29, 1.82) is 0 Å². The molecule has 0 fully saturated rings. The van der Waals surface area contributed by atoms with Crippen LogP contribution >= 0.6 is 0 Å². The molecule has 3 aromatic rings. The minimum Gasteiger partial charge on any atom is -0.497 e. The molecular formula is C32H37NO7. The molecule has 0 aliphatic carbocycles. The molecule has 0 amide bonds. The normalized spacial score (nSPS) is 11.8. The molecule has 0 bridgehead atoms. The molecule has 0 spiro atoms. The van der Waals surface area contributed by atoms with Crippen LogP contribution in [0.1, 0.15) is 78.7 Å². The lowest BCUT2D eigenvalue weighted by Gasteiger charge is -2.13. The van der Waals surface area contributed by atoms with E-state index in [1.54, 1.807) is 31.4 Å². The van der Waals surface area contributed by atoms with Crippen LogP contribution in [-0.4, -0.2) is 40.9 Å². The predicted molar refractivity (Wildman–Crippen MR) is 153 cm³/mol. The molecule has 0 saturated heterocycles. The number of pyridine rings is 1. The van der Waals surface area contributed by atoms with E-state index in [0.717, 1.165) is 37.5 Å². The van der Waals surface area contributed by atoms with Crippen LogP contribution in [0.15, 0.2) is 66.7 Å². The Morgan fingerprint density at radius 3 is 2.38 bits per heavy atom. The Morgan fingerprint density at radius 1 is 0.900 bits per heavy atom. The molecular weight excluding hydrogens is 510 g/mol. The van der Waals surface area contributed by atoms with Crippen LogP contribution in [0.4, 0.5) is 0 Å². The Hall–Kier alpha value is -4.33.